The molecule has 0 N–H and O–H groups in total. The molecule has 0 amide bonds. The molecule has 1 aromatic carbocycles. The highest BCUT2D eigenvalue weighted by Gasteiger charge is 1.93. The second kappa shape index (κ2) is 8.12. The van der Waals surface area contributed by atoms with Gasteiger partial charge in [0, 0.05) is 6.61 Å². The first-order chi connectivity index (χ1) is 7.83. The van der Waals surface area contributed by atoms with Crippen molar-refractivity contribution in [3.8, 4) is 0 Å². The van der Waals surface area contributed by atoms with E-state index in [0.29, 0.717) is 0 Å². The van der Waals surface area contributed by atoms with E-state index in [4.69, 9.17) is 4.74 Å². The van der Waals surface area contributed by atoms with E-state index in [1.54, 1.807) is 0 Å². The van der Waals surface area contributed by atoms with Crippen molar-refractivity contribution in [2.45, 2.75) is 39.7 Å². The lowest BCUT2D eigenvalue weighted by atomic mass is 10.1. The molecule has 0 bridgehead atoms. The average molecular weight is 218 g/mol. The Morgan fingerprint density at radius 3 is 2.62 bits per heavy atom. The zero-order valence-corrected chi connectivity index (χ0v) is 10.4. The van der Waals surface area contributed by atoms with Crippen molar-refractivity contribution in [2.24, 2.45) is 0 Å². The van der Waals surface area contributed by atoms with Crippen LogP contribution in [0.1, 0.15) is 38.7 Å². The Hall–Kier alpha value is -1.08. The third kappa shape index (κ3) is 5.72. The quantitative estimate of drug-likeness (QED) is 0.488. The van der Waals surface area contributed by atoms with Crippen molar-refractivity contribution in [1.29, 1.82) is 0 Å². The van der Waals surface area contributed by atoms with Gasteiger partial charge in [-0.25, -0.2) is 0 Å². The van der Waals surface area contributed by atoms with E-state index in [0.717, 1.165) is 19.6 Å². The maximum absolute atomic E-state index is 5.62. The molecule has 0 saturated heterocycles. The summed E-state index contributed by atoms with van der Waals surface area (Å²) in [6.07, 6.45) is 5.76. The fraction of sp³-hybridized carbons (Fsp3) is 0.467. The molecule has 0 radical (unpaired) electrons. The van der Waals surface area contributed by atoms with Crippen molar-refractivity contribution in [3.05, 3.63) is 47.5 Å². The first kappa shape index (κ1) is 13.0. The Morgan fingerprint density at radius 2 is 1.94 bits per heavy atom. The Kier molecular flexibility index (Phi) is 6.59. The highest BCUT2D eigenvalue weighted by molar-refractivity contribution is 5.13. The summed E-state index contributed by atoms with van der Waals surface area (Å²) < 4.78 is 5.62. The fourth-order valence-corrected chi connectivity index (χ4v) is 1.52. The van der Waals surface area contributed by atoms with Gasteiger partial charge in [-0.05, 0) is 38.7 Å². The molecular formula is C15H22O. The molecule has 0 unspecified atom stereocenters. The van der Waals surface area contributed by atoms with E-state index in [-0.39, 0.29) is 0 Å². The van der Waals surface area contributed by atoms with Crippen molar-refractivity contribution in [1.82, 2.24) is 0 Å². The van der Waals surface area contributed by atoms with Gasteiger partial charge in [-0.1, -0.05) is 42.0 Å². The van der Waals surface area contributed by atoms with Crippen LogP contribution in [0.25, 0.3) is 0 Å². The van der Waals surface area contributed by atoms with Gasteiger partial charge in [-0.15, -0.1) is 0 Å². The smallest absolute Gasteiger partial charge is 0.0716 e. The van der Waals surface area contributed by atoms with Crippen LogP contribution in [0.5, 0.6) is 0 Å². The minimum atomic E-state index is 0.740. The predicted molar refractivity (Wildman–Crippen MR) is 69.4 cm³/mol. The monoisotopic (exact) mass is 218 g/mol. The SMILES string of the molecule is C/C=C(\C)CCCCOCc1ccccc1. The van der Waals surface area contributed by atoms with Gasteiger partial charge in [-0.3, -0.25) is 0 Å². The largest absolute Gasteiger partial charge is 0.377 e. The maximum Gasteiger partial charge on any atom is 0.0716 e. The van der Waals surface area contributed by atoms with Gasteiger partial charge in [0.2, 0.25) is 0 Å². The summed E-state index contributed by atoms with van der Waals surface area (Å²) in [7, 11) is 0. The minimum absolute atomic E-state index is 0.740. The van der Waals surface area contributed by atoms with Gasteiger partial charge in [0.05, 0.1) is 6.61 Å². The molecule has 16 heavy (non-hydrogen) atoms. The fourth-order valence-electron chi connectivity index (χ4n) is 1.52. The lowest BCUT2D eigenvalue weighted by Crippen LogP contribution is -1.95. The Balaban J connectivity index is 2.01. The zero-order chi connectivity index (χ0) is 11.6. The van der Waals surface area contributed by atoms with Gasteiger partial charge in [0.1, 0.15) is 0 Å². The summed E-state index contributed by atoms with van der Waals surface area (Å²) in [5, 5.41) is 0. The van der Waals surface area contributed by atoms with Gasteiger partial charge < -0.3 is 4.74 Å². The van der Waals surface area contributed by atoms with E-state index in [1.165, 1.54) is 24.0 Å². The van der Waals surface area contributed by atoms with E-state index in [2.05, 4.69) is 32.1 Å². The van der Waals surface area contributed by atoms with Crippen LogP contribution in [0.15, 0.2) is 42.0 Å². The second-order valence-corrected chi connectivity index (χ2v) is 4.13. The van der Waals surface area contributed by atoms with Crippen LogP contribution in [-0.2, 0) is 11.3 Å². The van der Waals surface area contributed by atoms with E-state index in [1.807, 2.05) is 18.2 Å². The summed E-state index contributed by atoms with van der Waals surface area (Å²) >= 11 is 0. The number of benzene rings is 1. The molecule has 88 valence electrons. The highest BCUT2D eigenvalue weighted by atomic mass is 16.5. The van der Waals surface area contributed by atoms with Crippen LogP contribution in [0.4, 0.5) is 0 Å². The molecule has 1 heteroatoms. The van der Waals surface area contributed by atoms with Gasteiger partial charge in [0.15, 0.2) is 0 Å². The third-order valence-corrected chi connectivity index (χ3v) is 2.71. The first-order valence-electron chi connectivity index (χ1n) is 6.06. The molecule has 1 rings (SSSR count). The van der Waals surface area contributed by atoms with Gasteiger partial charge >= 0.3 is 0 Å². The summed E-state index contributed by atoms with van der Waals surface area (Å²) in [5.74, 6) is 0. The standard InChI is InChI=1S/C15H22O/c1-3-14(2)9-7-8-12-16-13-15-10-5-4-6-11-15/h3-6,10-11H,7-9,12-13H2,1-2H3/b14-3+. The summed E-state index contributed by atoms with van der Waals surface area (Å²) in [6.45, 7) is 5.89. The Labute approximate surface area is 99.1 Å². The molecule has 0 aliphatic carbocycles. The number of hydrogen-bond donors (Lipinski definition) is 0. The zero-order valence-electron chi connectivity index (χ0n) is 10.4. The number of ether oxygens (including phenoxy) is 1. The number of allylic oxidation sites excluding steroid dienone is 2. The minimum Gasteiger partial charge on any atom is -0.377 e. The predicted octanol–water partition coefficient (Wildman–Crippen LogP) is 4.34. The van der Waals surface area contributed by atoms with Crippen molar-refractivity contribution < 1.29 is 4.74 Å². The molecule has 0 saturated carbocycles. The molecule has 0 atom stereocenters. The van der Waals surface area contributed by atoms with Crippen LogP contribution < -0.4 is 0 Å². The van der Waals surface area contributed by atoms with Crippen molar-refractivity contribution in [3.63, 3.8) is 0 Å². The second-order valence-electron chi connectivity index (χ2n) is 4.13. The Morgan fingerprint density at radius 1 is 1.19 bits per heavy atom. The van der Waals surface area contributed by atoms with Crippen molar-refractivity contribution in [2.75, 3.05) is 6.61 Å². The molecule has 1 aromatic rings. The molecule has 0 heterocycles. The summed E-state index contributed by atoms with van der Waals surface area (Å²) in [5.41, 5.74) is 2.73. The topological polar surface area (TPSA) is 9.23 Å². The molecule has 0 aliphatic rings. The molecule has 0 fully saturated rings. The lowest BCUT2D eigenvalue weighted by molar-refractivity contribution is 0.117. The first-order valence-corrected chi connectivity index (χ1v) is 6.06. The molecule has 0 aromatic heterocycles. The maximum atomic E-state index is 5.62. The van der Waals surface area contributed by atoms with Crippen molar-refractivity contribution >= 4 is 0 Å². The third-order valence-electron chi connectivity index (χ3n) is 2.71. The summed E-state index contributed by atoms with van der Waals surface area (Å²) in [4.78, 5) is 0. The van der Waals surface area contributed by atoms with Gasteiger partial charge in [0.25, 0.3) is 0 Å². The van der Waals surface area contributed by atoms with Crippen LogP contribution in [0.3, 0.4) is 0 Å². The molecular weight excluding hydrogens is 196 g/mol. The Bertz CT molecular complexity index is 300. The molecule has 0 spiro atoms. The van der Waals surface area contributed by atoms with E-state index < -0.39 is 0 Å². The number of hydrogen-bond acceptors (Lipinski definition) is 1. The van der Waals surface area contributed by atoms with E-state index >= 15 is 0 Å². The van der Waals surface area contributed by atoms with E-state index in [9.17, 15) is 0 Å². The van der Waals surface area contributed by atoms with Crippen LogP contribution in [0.2, 0.25) is 0 Å². The molecule has 0 aliphatic heterocycles. The molecule has 1 nitrogen and oxygen atoms in total. The van der Waals surface area contributed by atoms with Crippen LogP contribution in [-0.4, -0.2) is 6.61 Å². The lowest BCUT2D eigenvalue weighted by Gasteiger charge is -2.04. The average Bonchev–Trinajstić information content (AvgIpc) is 2.34. The van der Waals surface area contributed by atoms with Crippen LogP contribution in [0, 0.1) is 0 Å². The summed E-state index contributed by atoms with van der Waals surface area (Å²) in [6, 6.07) is 10.3. The highest BCUT2D eigenvalue weighted by Crippen LogP contribution is 2.07. The van der Waals surface area contributed by atoms with Crippen LogP contribution >= 0.6 is 0 Å². The number of unbranched alkanes of at least 4 members (excludes halogenated alkanes) is 1. The number of rotatable bonds is 7. The normalized spacial score (nSPS) is 11.8. The van der Waals surface area contributed by atoms with Gasteiger partial charge in [-0.2, -0.15) is 0 Å².